The first-order valence-electron chi connectivity index (χ1n) is 11.1. The molecule has 2 amide bonds. The number of nitrogens with zero attached hydrogens (tertiary/aromatic N) is 2. The molecular formula is C25H28FN5O3. The summed E-state index contributed by atoms with van der Waals surface area (Å²) < 4.78 is 20.2. The van der Waals surface area contributed by atoms with E-state index in [2.05, 4.69) is 20.8 Å². The van der Waals surface area contributed by atoms with Crippen LogP contribution >= 0.6 is 0 Å². The minimum absolute atomic E-state index is 0.199. The van der Waals surface area contributed by atoms with Gasteiger partial charge < -0.3 is 15.4 Å². The Balaban J connectivity index is 1.38. The number of aromatic amines is 1. The van der Waals surface area contributed by atoms with Crippen molar-refractivity contribution < 1.29 is 18.7 Å². The van der Waals surface area contributed by atoms with Gasteiger partial charge in [0.15, 0.2) is 0 Å². The third-order valence-corrected chi connectivity index (χ3v) is 5.89. The van der Waals surface area contributed by atoms with Crippen molar-refractivity contribution >= 4 is 17.7 Å². The van der Waals surface area contributed by atoms with Crippen molar-refractivity contribution in [3.63, 3.8) is 0 Å². The number of rotatable bonds is 8. The van der Waals surface area contributed by atoms with Crippen LogP contribution in [0.4, 0.5) is 14.9 Å². The molecule has 1 aromatic heterocycles. The van der Waals surface area contributed by atoms with Crippen LogP contribution in [0.25, 0.3) is 11.1 Å². The van der Waals surface area contributed by atoms with Gasteiger partial charge in [-0.25, -0.2) is 9.18 Å². The molecule has 4 rings (SSSR count). The number of aryl methyl sites for hydroxylation is 2. The molecule has 0 saturated carbocycles. The third kappa shape index (κ3) is 5.26. The van der Waals surface area contributed by atoms with E-state index in [1.165, 1.54) is 23.5 Å². The number of H-pyrrole nitrogens is 1. The van der Waals surface area contributed by atoms with Crippen LogP contribution in [0.2, 0.25) is 0 Å². The predicted octanol–water partition coefficient (Wildman–Crippen LogP) is 3.58. The lowest BCUT2D eigenvalue weighted by atomic mass is 10.0. The molecule has 2 aromatic carbocycles. The highest BCUT2D eigenvalue weighted by Crippen LogP contribution is 2.29. The van der Waals surface area contributed by atoms with Crippen molar-refractivity contribution in [1.82, 2.24) is 20.8 Å². The number of nitrogens with one attached hydrogen (secondary N) is 3. The summed E-state index contributed by atoms with van der Waals surface area (Å²) in [5, 5.41) is 13.2. The zero-order valence-electron chi connectivity index (χ0n) is 19.4. The van der Waals surface area contributed by atoms with Crippen molar-refractivity contribution in [2.45, 2.75) is 40.0 Å². The summed E-state index contributed by atoms with van der Waals surface area (Å²) in [7, 11) is 0. The number of carbonyl (C=O) groups excluding carboxylic acids is 2. The number of amides is 2. The molecule has 1 saturated heterocycles. The summed E-state index contributed by atoms with van der Waals surface area (Å²) in [5.41, 5.74) is 5.93. The van der Waals surface area contributed by atoms with Crippen LogP contribution < -0.4 is 15.5 Å². The average molecular weight is 466 g/mol. The van der Waals surface area contributed by atoms with Crippen molar-refractivity contribution in [3.05, 3.63) is 70.8 Å². The fourth-order valence-corrected chi connectivity index (χ4v) is 3.97. The molecule has 3 aromatic rings. The number of ether oxygens (including phenoxy) is 1. The fourth-order valence-electron chi connectivity index (χ4n) is 3.97. The Morgan fingerprint density at radius 2 is 1.97 bits per heavy atom. The number of carbonyl (C=O) groups is 2. The van der Waals surface area contributed by atoms with Gasteiger partial charge in [-0.15, -0.1) is 0 Å². The quantitative estimate of drug-likeness (QED) is 0.472. The van der Waals surface area contributed by atoms with Gasteiger partial charge in [0.05, 0.1) is 24.5 Å². The summed E-state index contributed by atoms with van der Waals surface area (Å²) in [6.45, 7) is 7.25. The van der Waals surface area contributed by atoms with E-state index in [1.807, 2.05) is 38.1 Å². The summed E-state index contributed by atoms with van der Waals surface area (Å²) in [4.78, 5) is 24.6. The molecule has 1 aliphatic heterocycles. The molecule has 0 spiro atoms. The average Bonchev–Trinajstić information content (AvgIpc) is 3.34. The van der Waals surface area contributed by atoms with Crippen molar-refractivity contribution in [1.29, 1.82) is 0 Å². The van der Waals surface area contributed by atoms with Crippen LogP contribution in [0.1, 0.15) is 29.4 Å². The van der Waals surface area contributed by atoms with E-state index in [4.69, 9.17) is 4.74 Å². The number of anilines is 1. The number of aromatic nitrogens is 2. The minimum atomic E-state index is -0.555. The Morgan fingerprint density at radius 1 is 1.21 bits per heavy atom. The van der Waals surface area contributed by atoms with Crippen LogP contribution in [-0.2, 0) is 22.6 Å². The van der Waals surface area contributed by atoms with Crippen LogP contribution in [0, 0.1) is 19.7 Å². The van der Waals surface area contributed by atoms with Crippen LogP contribution in [-0.4, -0.2) is 41.4 Å². The number of hydrogen-bond donors (Lipinski definition) is 3. The van der Waals surface area contributed by atoms with Crippen molar-refractivity contribution in [3.8, 4) is 11.1 Å². The number of halogens is 1. The summed E-state index contributed by atoms with van der Waals surface area (Å²) in [5.74, 6) is -0.623. The normalized spacial score (nSPS) is 15.5. The second-order valence-electron chi connectivity index (χ2n) is 8.43. The van der Waals surface area contributed by atoms with E-state index in [9.17, 15) is 14.0 Å². The fraction of sp³-hybridized carbons (Fsp3) is 0.320. The number of cyclic esters (lactones) is 1. The lowest BCUT2D eigenvalue weighted by molar-refractivity contribution is -0.119. The molecule has 0 bridgehead atoms. The van der Waals surface area contributed by atoms with Gasteiger partial charge in [0, 0.05) is 36.8 Å². The number of benzene rings is 2. The van der Waals surface area contributed by atoms with Gasteiger partial charge in [0.1, 0.15) is 11.9 Å². The standard InChI is InChI=1S/C25H28FN5O3/c1-15-23(16(2)30-29-15)13-27-11-18-4-6-19(7-5-18)22-9-8-20(10-24(22)26)31-14-21(34-25(31)33)12-28-17(3)32/h4-10,21,27H,11-14H2,1-3H3,(H,28,32)(H,29,30)/t21-/m0/s1. The monoisotopic (exact) mass is 465 g/mol. The van der Waals surface area contributed by atoms with Gasteiger partial charge in [0.2, 0.25) is 5.91 Å². The van der Waals surface area contributed by atoms with Gasteiger partial charge in [0.25, 0.3) is 0 Å². The molecule has 0 unspecified atom stereocenters. The zero-order valence-corrected chi connectivity index (χ0v) is 19.4. The maximum Gasteiger partial charge on any atom is 0.414 e. The van der Waals surface area contributed by atoms with E-state index in [1.54, 1.807) is 12.1 Å². The van der Waals surface area contributed by atoms with Gasteiger partial charge >= 0.3 is 6.09 Å². The van der Waals surface area contributed by atoms with E-state index in [0.717, 1.165) is 29.1 Å². The first-order chi connectivity index (χ1) is 16.3. The highest BCUT2D eigenvalue weighted by Gasteiger charge is 2.32. The Morgan fingerprint density at radius 3 is 2.62 bits per heavy atom. The van der Waals surface area contributed by atoms with Crippen LogP contribution in [0.5, 0.6) is 0 Å². The topological polar surface area (TPSA) is 99.4 Å². The Hall–Kier alpha value is -3.72. The zero-order chi connectivity index (χ0) is 24.2. The summed E-state index contributed by atoms with van der Waals surface area (Å²) >= 11 is 0. The maximum absolute atomic E-state index is 14.9. The summed E-state index contributed by atoms with van der Waals surface area (Å²) in [6.07, 6.45) is -1.03. The molecule has 0 radical (unpaired) electrons. The van der Waals surface area contributed by atoms with Crippen LogP contribution in [0.3, 0.4) is 0 Å². The lowest BCUT2D eigenvalue weighted by Crippen LogP contribution is -2.33. The molecular weight excluding hydrogens is 437 g/mol. The highest BCUT2D eigenvalue weighted by atomic mass is 19.1. The van der Waals surface area contributed by atoms with Crippen molar-refractivity contribution in [2.24, 2.45) is 0 Å². The molecule has 34 heavy (non-hydrogen) atoms. The van der Waals surface area contributed by atoms with Gasteiger partial charge in [-0.3, -0.25) is 14.8 Å². The Bertz CT molecular complexity index is 1170. The second-order valence-corrected chi connectivity index (χ2v) is 8.43. The smallest absolute Gasteiger partial charge is 0.414 e. The minimum Gasteiger partial charge on any atom is -0.442 e. The molecule has 2 heterocycles. The van der Waals surface area contributed by atoms with E-state index in [-0.39, 0.29) is 19.0 Å². The molecule has 8 nitrogen and oxygen atoms in total. The molecule has 0 aliphatic carbocycles. The van der Waals surface area contributed by atoms with E-state index >= 15 is 0 Å². The summed E-state index contributed by atoms with van der Waals surface area (Å²) in [6, 6.07) is 12.4. The molecule has 3 N–H and O–H groups in total. The molecule has 178 valence electrons. The molecule has 1 aliphatic rings. The second kappa shape index (κ2) is 10.0. The number of hydrogen-bond acceptors (Lipinski definition) is 5. The molecule has 1 fully saturated rings. The SMILES string of the molecule is CC(=O)NC[C@H]1CN(c2ccc(-c3ccc(CNCc4c(C)n[nH]c4C)cc3)c(F)c2)C(=O)O1. The third-order valence-electron chi connectivity index (χ3n) is 5.89. The lowest BCUT2D eigenvalue weighted by Gasteiger charge is -2.15. The van der Waals surface area contributed by atoms with Gasteiger partial charge in [-0.1, -0.05) is 24.3 Å². The Kier molecular flexibility index (Phi) is 6.93. The largest absolute Gasteiger partial charge is 0.442 e. The first kappa shape index (κ1) is 23.4. The van der Waals surface area contributed by atoms with E-state index in [0.29, 0.717) is 17.8 Å². The van der Waals surface area contributed by atoms with Crippen LogP contribution in [0.15, 0.2) is 42.5 Å². The van der Waals surface area contributed by atoms with E-state index < -0.39 is 18.0 Å². The molecule has 1 atom stereocenters. The maximum atomic E-state index is 14.9. The van der Waals surface area contributed by atoms with Crippen molar-refractivity contribution in [2.75, 3.05) is 18.0 Å². The predicted molar refractivity (Wildman–Crippen MR) is 127 cm³/mol. The Labute approximate surface area is 197 Å². The molecule has 9 heteroatoms. The highest BCUT2D eigenvalue weighted by molar-refractivity contribution is 5.90. The van der Waals surface area contributed by atoms with Gasteiger partial charge in [-0.05, 0) is 43.2 Å². The van der Waals surface area contributed by atoms with Gasteiger partial charge in [-0.2, -0.15) is 5.10 Å². The first-order valence-corrected chi connectivity index (χ1v) is 11.1.